The van der Waals surface area contributed by atoms with Gasteiger partial charge in [0.2, 0.25) is 0 Å². The van der Waals surface area contributed by atoms with E-state index >= 15 is 0 Å². The fourth-order valence-corrected chi connectivity index (χ4v) is 3.86. The number of quaternary nitrogens is 1. The highest BCUT2D eigenvalue weighted by atomic mass is 16.5. The summed E-state index contributed by atoms with van der Waals surface area (Å²) in [5.74, 6) is 1.45. The Morgan fingerprint density at radius 2 is 1.85 bits per heavy atom. The van der Waals surface area contributed by atoms with Gasteiger partial charge in [-0.3, -0.25) is 0 Å². The number of likely N-dealkylation sites (N-methyl/N-ethyl adjacent to an activating group) is 1. The molecule has 0 radical (unpaired) electrons. The van der Waals surface area contributed by atoms with E-state index in [9.17, 15) is 0 Å². The topological polar surface area (TPSA) is 22.9 Å². The summed E-state index contributed by atoms with van der Waals surface area (Å²) in [4.78, 5) is 1.47. The SMILES string of the molecule is COc1ccc([C@@H]2C[NH+](C)COC23CCCCC3)cc1. The zero-order valence-electron chi connectivity index (χ0n) is 12.7. The Morgan fingerprint density at radius 1 is 1.15 bits per heavy atom. The summed E-state index contributed by atoms with van der Waals surface area (Å²) in [5, 5.41) is 0. The summed E-state index contributed by atoms with van der Waals surface area (Å²) in [5.41, 5.74) is 1.50. The van der Waals surface area contributed by atoms with Gasteiger partial charge in [0.05, 0.1) is 32.2 Å². The molecule has 1 heterocycles. The van der Waals surface area contributed by atoms with Gasteiger partial charge in [0.1, 0.15) is 5.75 Å². The molecular weight excluding hydrogens is 250 g/mol. The van der Waals surface area contributed by atoms with Crippen LogP contribution in [-0.4, -0.2) is 33.0 Å². The lowest BCUT2D eigenvalue weighted by molar-refractivity contribution is -0.915. The minimum atomic E-state index is 0.0896. The lowest BCUT2D eigenvalue weighted by atomic mass is 9.71. The van der Waals surface area contributed by atoms with Crippen LogP contribution < -0.4 is 9.64 Å². The molecule has 2 aliphatic rings. The molecule has 1 aromatic rings. The number of benzene rings is 1. The van der Waals surface area contributed by atoms with Gasteiger partial charge in [-0.15, -0.1) is 0 Å². The predicted octanol–water partition coefficient (Wildman–Crippen LogP) is 1.98. The fourth-order valence-electron chi connectivity index (χ4n) is 3.86. The summed E-state index contributed by atoms with van der Waals surface area (Å²) in [6.07, 6.45) is 6.43. The second-order valence-corrected chi connectivity index (χ2v) is 6.40. The molecule has 2 atom stereocenters. The lowest BCUT2D eigenvalue weighted by Crippen LogP contribution is -3.12. The van der Waals surface area contributed by atoms with Crippen molar-refractivity contribution in [3.8, 4) is 5.75 Å². The fraction of sp³-hybridized carbons (Fsp3) is 0.647. The number of methoxy groups -OCH3 is 1. The first kappa shape index (κ1) is 13.9. The molecule has 110 valence electrons. The molecule has 2 fully saturated rings. The first-order chi connectivity index (χ1) is 9.73. The van der Waals surface area contributed by atoms with Crippen molar-refractivity contribution in [1.29, 1.82) is 0 Å². The molecule has 1 saturated carbocycles. The average molecular weight is 276 g/mol. The van der Waals surface area contributed by atoms with Crippen molar-refractivity contribution < 1.29 is 14.4 Å². The van der Waals surface area contributed by atoms with E-state index in [1.165, 1.54) is 49.1 Å². The molecular formula is C17H26NO2+. The number of hydrogen-bond acceptors (Lipinski definition) is 2. The van der Waals surface area contributed by atoms with Crippen molar-refractivity contribution >= 4 is 0 Å². The van der Waals surface area contributed by atoms with Crippen LogP contribution in [0, 0.1) is 0 Å². The Hall–Kier alpha value is -1.06. The summed E-state index contributed by atoms with van der Waals surface area (Å²) in [6.45, 7) is 2.03. The van der Waals surface area contributed by atoms with E-state index in [0.717, 1.165) is 12.5 Å². The molecule has 20 heavy (non-hydrogen) atoms. The van der Waals surface area contributed by atoms with Crippen LogP contribution in [0.1, 0.15) is 43.6 Å². The van der Waals surface area contributed by atoms with Crippen LogP contribution in [0.15, 0.2) is 24.3 Å². The molecule has 0 bridgehead atoms. The van der Waals surface area contributed by atoms with Crippen molar-refractivity contribution in [3.05, 3.63) is 29.8 Å². The van der Waals surface area contributed by atoms with Crippen LogP contribution in [0.3, 0.4) is 0 Å². The molecule has 1 aliphatic carbocycles. The van der Waals surface area contributed by atoms with Crippen LogP contribution in [0.5, 0.6) is 5.75 Å². The Balaban J connectivity index is 1.88. The molecule has 1 aromatic carbocycles. The van der Waals surface area contributed by atoms with Crippen molar-refractivity contribution in [2.45, 2.75) is 43.6 Å². The van der Waals surface area contributed by atoms with E-state index in [0.29, 0.717) is 5.92 Å². The molecule has 1 unspecified atom stereocenters. The normalized spacial score (nSPS) is 29.3. The third kappa shape index (κ3) is 2.57. The van der Waals surface area contributed by atoms with Crippen molar-refractivity contribution in [3.63, 3.8) is 0 Å². The summed E-state index contributed by atoms with van der Waals surface area (Å²) in [7, 11) is 3.95. The Labute approximate surface area is 121 Å². The highest BCUT2D eigenvalue weighted by molar-refractivity contribution is 5.31. The minimum absolute atomic E-state index is 0.0896. The second kappa shape index (κ2) is 5.74. The molecule has 1 saturated heterocycles. The summed E-state index contributed by atoms with van der Waals surface area (Å²) < 4.78 is 11.7. The first-order valence-corrected chi connectivity index (χ1v) is 7.83. The monoisotopic (exact) mass is 276 g/mol. The number of hydrogen-bond donors (Lipinski definition) is 1. The third-order valence-electron chi connectivity index (χ3n) is 5.01. The number of ether oxygens (including phenoxy) is 2. The zero-order chi connectivity index (χ0) is 14.0. The van der Waals surface area contributed by atoms with Gasteiger partial charge in [-0.1, -0.05) is 31.4 Å². The molecule has 1 aliphatic heterocycles. The van der Waals surface area contributed by atoms with Crippen LogP contribution in [-0.2, 0) is 4.74 Å². The smallest absolute Gasteiger partial charge is 0.182 e. The highest BCUT2D eigenvalue weighted by Gasteiger charge is 2.46. The van der Waals surface area contributed by atoms with Crippen molar-refractivity contribution in [2.75, 3.05) is 27.4 Å². The van der Waals surface area contributed by atoms with E-state index in [1.54, 1.807) is 7.11 Å². The molecule has 3 heteroatoms. The molecule has 0 amide bonds. The predicted molar refractivity (Wildman–Crippen MR) is 79.3 cm³/mol. The van der Waals surface area contributed by atoms with E-state index < -0.39 is 0 Å². The van der Waals surface area contributed by atoms with E-state index in [-0.39, 0.29) is 5.60 Å². The largest absolute Gasteiger partial charge is 0.497 e. The zero-order valence-corrected chi connectivity index (χ0v) is 12.7. The van der Waals surface area contributed by atoms with Crippen LogP contribution in [0.2, 0.25) is 0 Å². The minimum Gasteiger partial charge on any atom is -0.497 e. The van der Waals surface area contributed by atoms with E-state index in [2.05, 4.69) is 31.3 Å². The molecule has 1 N–H and O–H groups in total. The standard InChI is InChI=1S/C17H25NO2/c1-18-12-16(14-6-8-15(19-2)9-7-14)17(20-13-18)10-4-3-5-11-17/h6-9,16H,3-5,10-13H2,1-2H3/p+1/t16-/m0/s1. The van der Waals surface area contributed by atoms with Crippen molar-refractivity contribution in [2.24, 2.45) is 0 Å². The summed E-state index contributed by atoms with van der Waals surface area (Å²) in [6, 6.07) is 8.61. The van der Waals surface area contributed by atoms with Gasteiger partial charge < -0.3 is 14.4 Å². The van der Waals surface area contributed by atoms with Gasteiger partial charge in [0.15, 0.2) is 6.73 Å². The van der Waals surface area contributed by atoms with Gasteiger partial charge in [-0.05, 0) is 30.5 Å². The lowest BCUT2D eigenvalue weighted by Gasteiger charge is -2.47. The maximum atomic E-state index is 6.37. The van der Waals surface area contributed by atoms with Crippen LogP contribution in [0.25, 0.3) is 0 Å². The van der Waals surface area contributed by atoms with E-state index in [1.807, 2.05) is 0 Å². The highest BCUT2D eigenvalue weighted by Crippen LogP contribution is 2.43. The average Bonchev–Trinajstić information content (AvgIpc) is 2.51. The Kier molecular flexibility index (Phi) is 3.99. The van der Waals surface area contributed by atoms with Crippen LogP contribution in [0.4, 0.5) is 0 Å². The number of nitrogens with one attached hydrogen (secondary N) is 1. The molecule has 3 rings (SSSR count). The molecule has 3 nitrogen and oxygen atoms in total. The quantitative estimate of drug-likeness (QED) is 0.892. The maximum Gasteiger partial charge on any atom is 0.182 e. The third-order valence-corrected chi connectivity index (χ3v) is 5.01. The number of rotatable bonds is 2. The Morgan fingerprint density at radius 3 is 2.50 bits per heavy atom. The van der Waals surface area contributed by atoms with Crippen molar-refractivity contribution in [1.82, 2.24) is 0 Å². The second-order valence-electron chi connectivity index (χ2n) is 6.40. The van der Waals surface area contributed by atoms with Gasteiger partial charge in [-0.2, -0.15) is 0 Å². The first-order valence-electron chi connectivity index (χ1n) is 7.83. The van der Waals surface area contributed by atoms with Gasteiger partial charge >= 0.3 is 0 Å². The van der Waals surface area contributed by atoms with Gasteiger partial charge in [0, 0.05) is 0 Å². The maximum absolute atomic E-state index is 6.37. The van der Waals surface area contributed by atoms with Gasteiger partial charge in [-0.25, -0.2) is 0 Å². The summed E-state index contributed by atoms with van der Waals surface area (Å²) >= 11 is 0. The van der Waals surface area contributed by atoms with E-state index in [4.69, 9.17) is 9.47 Å². The van der Waals surface area contributed by atoms with Crippen LogP contribution >= 0.6 is 0 Å². The molecule has 1 spiro atoms. The van der Waals surface area contributed by atoms with Gasteiger partial charge in [0.25, 0.3) is 0 Å². The Bertz CT molecular complexity index is 437. The molecule has 0 aromatic heterocycles.